The molecule has 0 saturated carbocycles. The zero-order valence-corrected chi connectivity index (χ0v) is 10.7. The van der Waals surface area contributed by atoms with Gasteiger partial charge in [0.25, 0.3) is 0 Å². The molecule has 0 atom stereocenters. The molecule has 0 aliphatic rings. The van der Waals surface area contributed by atoms with Crippen molar-refractivity contribution in [2.24, 2.45) is 0 Å². The number of ether oxygens (including phenoxy) is 1. The fraction of sp³-hybridized carbons (Fsp3) is 0.818. The van der Waals surface area contributed by atoms with E-state index in [0.717, 1.165) is 6.42 Å². The van der Waals surface area contributed by atoms with Crippen molar-refractivity contribution in [1.29, 1.82) is 0 Å². The van der Waals surface area contributed by atoms with Crippen molar-refractivity contribution in [2.45, 2.75) is 19.8 Å². The van der Waals surface area contributed by atoms with E-state index in [2.05, 4.69) is 16.0 Å². The first-order valence-corrected chi connectivity index (χ1v) is 5.93. The molecule has 0 aromatic carbocycles. The van der Waals surface area contributed by atoms with Crippen LogP contribution in [0.15, 0.2) is 0 Å². The van der Waals surface area contributed by atoms with Crippen LogP contribution in [0.2, 0.25) is 0 Å². The van der Waals surface area contributed by atoms with Crippen molar-refractivity contribution in [1.82, 2.24) is 16.0 Å². The Balaban J connectivity index is 3.32. The van der Waals surface area contributed by atoms with Gasteiger partial charge in [-0.05, 0) is 6.42 Å². The molecule has 100 valence electrons. The molecule has 2 amide bonds. The Morgan fingerprint density at radius 1 is 1.06 bits per heavy atom. The lowest BCUT2D eigenvalue weighted by Gasteiger charge is -2.06. The minimum Gasteiger partial charge on any atom is -0.383 e. The predicted octanol–water partition coefficient (Wildman–Crippen LogP) is -0.745. The molecule has 0 spiro atoms. The number of rotatable bonds is 10. The topological polar surface area (TPSA) is 79.5 Å². The second-order valence-electron chi connectivity index (χ2n) is 3.62. The van der Waals surface area contributed by atoms with Gasteiger partial charge < -0.3 is 20.7 Å². The molecule has 0 aliphatic carbocycles. The number of hydrogen-bond donors (Lipinski definition) is 3. The number of carbonyl (C=O) groups is 2. The molecule has 0 radical (unpaired) electrons. The van der Waals surface area contributed by atoms with Gasteiger partial charge in [-0.25, -0.2) is 0 Å². The minimum absolute atomic E-state index is 0.0131. The van der Waals surface area contributed by atoms with Gasteiger partial charge in [-0.15, -0.1) is 0 Å². The highest BCUT2D eigenvalue weighted by atomic mass is 16.5. The summed E-state index contributed by atoms with van der Waals surface area (Å²) in [4.78, 5) is 22.4. The summed E-state index contributed by atoms with van der Waals surface area (Å²) in [7, 11) is 1.58. The molecular formula is C11H23N3O3. The van der Waals surface area contributed by atoms with Crippen LogP contribution in [-0.2, 0) is 14.3 Å². The SMILES string of the molecule is CCCNC(=O)CCNCC(=O)NCCOC. The van der Waals surface area contributed by atoms with E-state index >= 15 is 0 Å². The average Bonchev–Trinajstić information content (AvgIpc) is 2.32. The second-order valence-corrected chi connectivity index (χ2v) is 3.62. The van der Waals surface area contributed by atoms with Gasteiger partial charge in [-0.3, -0.25) is 9.59 Å². The zero-order chi connectivity index (χ0) is 12.9. The van der Waals surface area contributed by atoms with Crippen LogP contribution in [0, 0.1) is 0 Å². The molecule has 0 rings (SSSR count). The van der Waals surface area contributed by atoms with E-state index in [1.165, 1.54) is 0 Å². The minimum atomic E-state index is -0.0870. The Labute approximate surface area is 102 Å². The fourth-order valence-corrected chi connectivity index (χ4v) is 1.11. The van der Waals surface area contributed by atoms with Crippen molar-refractivity contribution >= 4 is 11.8 Å². The van der Waals surface area contributed by atoms with E-state index in [-0.39, 0.29) is 18.4 Å². The normalized spacial score (nSPS) is 10.0. The van der Waals surface area contributed by atoms with E-state index in [1.54, 1.807) is 7.11 Å². The summed E-state index contributed by atoms with van der Waals surface area (Å²) in [5, 5.41) is 8.35. The molecule has 3 N–H and O–H groups in total. The molecule has 6 nitrogen and oxygen atoms in total. The highest BCUT2D eigenvalue weighted by molar-refractivity contribution is 5.78. The Hall–Kier alpha value is -1.14. The summed E-state index contributed by atoms with van der Waals surface area (Å²) in [6.07, 6.45) is 1.33. The van der Waals surface area contributed by atoms with Crippen LogP contribution >= 0.6 is 0 Å². The van der Waals surface area contributed by atoms with Crippen molar-refractivity contribution in [3.05, 3.63) is 0 Å². The number of carbonyl (C=O) groups excluding carboxylic acids is 2. The summed E-state index contributed by atoms with van der Waals surface area (Å²) >= 11 is 0. The number of hydrogen-bond acceptors (Lipinski definition) is 4. The third-order valence-electron chi connectivity index (χ3n) is 2.01. The van der Waals surface area contributed by atoms with Crippen molar-refractivity contribution in [3.8, 4) is 0 Å². The monoisotopic (exact) mass is 245 g/mol. The van der Waals surface area contributed by atoms with Crippen LogP contribution < -0.4 is 16.0 Å². The molecule has 0 aliphatic heterocycles. The standard InChI is InChI=1S/C11H23N3O3/c1-3-5-13-10(15)4-6-12-9-11(16)14-7-8-17-2/h12H,3-9H2,1-2H3,(H,13,15)(H,14,16). The number of nitrogens with one attached hydrogen (secondary N) is 3. The van der Waals surface area contributed by atoms with Crippen LogP contribution in [-0.4, -0.2) is 51.7 Å². The highest BCUT2D eigenvalue weighted by Gasteiger charge is 2.01. The highest BCUT2D eigenvalue weighted by Crippen LogP contribution is 1.78. The lowest BCUT2D eigenvalue weighted by atomic mass is 10.3. The third-order valence-corrected chi connectivity index (χ3v) is 2.01. The Kier molecular flexibility index (Phi) is 10.6. The molecular weight excluding hydrogens is 222 g/mol. The van der Waals surface area contributed by atoms with Crippen LogP contribution in [0.4, 0.5) is 0 Å². The van der Waals surface area contributed by atoms with Gasteiger partial charge >= 0.3 is 0 Å². The molecule has 6 heteroatoms. The van der Waals surface area contributed by atoms with Gasteiger partial charge in [0.05, 0.1) is 13.2 Å². The fourth-order valence-electron chi connectivity index (χ4n) is 1.11. The maximum absolute atomic E-state index is 11.2. The number of amides is 2. The molecule has 0 fully saturated rings. The van der Waals surface area contributed by atoms with Gasteiger partial charge in [0.1, 0.15) is 0 Å². The third kappa shape index (κ3) is 11.1. The Bertz CT molecular complexity index is 222. The molecule has 0 aromatic rings. The first-order valence-electron chi connectivity index (χ1n) is 5.93. The van der Waals surface area contributed by atoms with E-state index in [1.807, 2.05) is 6.92 Å². The van der Waals surface area contributed by atoms with Gasteiger partial charge in [-0.1, -0.05) is 6.92 Å². The Morgan fingerprint density at radius 2 is 1.76 bits per heavy atom. The lowest BCUT2D eigenvalue weighted by Crippen LogP contribution is -2.37. The van der Waals surface area contributed by atoms with Gasteiger partial charge in [0, 0.05) is 33.2 Å². The molecule has 0 saturated heterocycles. The van der Waals surface area contributed by atoms with Crippen molar-refractivity contribution in [2.75, 3.05) is 39.9 Å². The maximum Gasteiger partial charge on any atom is 0.234 e. The molecule has 17 heavy (non-hydrogen) atoms. The largest absolute Gasteiger partial charge is 0.383 e. The van der Waals surface area contributed by atoms with Crippen LogP contribution in [0.5, 0.6) is 0 Å². The molecule has 0 unspecified atom stereocenters. The summed E-state index contributed by atoms with van der Waals surface area (Å²) in [5.74, 6) is -0.0739. The summed E-state index contributed by atoms with van der Waals surface area (Å²) < 4.78 is 4.80. The maximum atomic E-state index is 11.2. The smallest absolute Gasteiger partial charge is 0.234 e. The van der Waals surface area contributed by atoms with Gasteiger partial charge in [0.2, 0.25) is 11.8 Å². The molecule has 0 heterocycles. The zero-order valence-electron chi connectivity index (χ0n) is 10.7. The molecule has 0 bridgehead atoms. The van der Waals surface area contributed by atoms with E-state index in [0.29, 0.717) is 32.7 Å². The quantitative estimate of drug-likeness (QED) is 0.443. The van der Waals surface area contributed by atoms with Crippen LogP contribution in [0.1, 0.15) is 19.8 Å². The van der Waals surface area contributed by atoms with Gasteiger partial charge in [-0.2, -0.15) is 0 Å². The van der Waals surface area contributed by atoms with Crippen molar-refractivity contribution < 1.29 is 14.3 Å². The first kappa shape index (κ1) is 15.9. The molecule has 0 aromatic heterocycles. The summed E-state index contributed by atoms with van der Waals surface area (Å²) in [6.45, 7) is 4.45. The first-order chi connectivity index (χ1) is 8.20. The summed E-state index contributed by atoms with van der Waals surface area (Å²) in [5.41, 5.74) is 0. The second kappa shape index (κ2) is 11.3. The predicted molar refractivity (Wildman–Crippen MR) is 65.7 cm³/mol. The van der Waals surface area contributed by atoms with Crippen LogP contribution in [0.25, 0.3) is 0 Å². The van der Waals surface area contributed by atoms with E-state index in [9.17, 15) is 9.59 Å². The van der Waals surface area contributed by atoms with Crippen LogP contribution in [0.3, 0.4) is 0 Å². The van der Waals surface area contributed by atoms with Crippen molar-refractivity contribution in [3.63, 3.8) is 0 Å². The lowest BCUT2D eigenvalue weighted by molar-refractivity contribution is -0.122. The van der Waals surface area contributed by atoms with Gasteiger partial charge in [0.15, 0.2) is 0 Å². The van der Waals surface area contributed by atoms with E-state index in [4.69, 9.17) is 4.74 Å². The average molecular weight is 245 g/mol. The van der Waals surface area contributed by atoms with E-state index < -0.39 is 0 Å². The Morgan fingerprint density at radius 3 is 2.41 bits per heavy atom. The summed E-state index contributed by atoms with van der Waals surface area (Å²) in [6, 6.07) is 0. The number of methoxy groups -OCH3 is 1.